The Morgan fingerprint density at radius 3 is 1.03 bits per heavy atom. The van der Waals surface area contributed by atoms with Crippen molar-refractivity contribution in [2.75, 3.05) is 72.3 Å². The van der Waals surface area contributed by atoms with Gasteiger partial charge in [0, 0.05) is 91.4 Å². The van der Waals surface area contributed by atoms with Crippen LogP contribution in [0.1, 0.15) is 295 Å². The average molecular weight is 1900 g/mol. The van der Waals surface area contributed by atoms with Gasteiger partial charge in [-0.2, -0.15) is 13.2 Å². The first-order chi connectivity index (χ1) is 56.4. The molecule has 0 radical (unpaired) electrons. The molecule has 740 valence electrons. The number of alkyl halides is 7. The first kappa shape index (κ1) is 138. The summed E-state index contributed by atoms with van der Waals surface area (Å²) in [6.45, 7) is 99.4. The summed E-state index contributed by atoms with van der Waals surface area (Å²) in [5, 5.41) is 15.4. The second-order valence-electron chi connectivity index (χ2n) is 44.4. The average Bonchev–Trinajstić information content (AvgIpc) is 1.66. The van der Waals surface area contributed by atoms with Crippen molar-refractivity contribution in [1.29, 1.82) is 0 Å². The van der Waals surface area contributed by atoms with Crippen molar-refractivity contribution in [1.82, 2.24) is 45.7 Å². The molecule has 0 bridgehead atoms. The van der Waals surface area contributed by atoms with Crippen LogP contribution in [-0.4, -0.2) is 167 Å². The highest BCUT2D eigenvalue weighted by molar-refractivity contribution is 7.13. The lowest BCUT2D eigenvalue weighted by Gasteiger charge is -2.25. The van der Waals surface area contributed by atoms with Gasteiger partial charge in [0.2, 0.25) is 41.4 Å². The van der Waals surface area contributed by atoms with E-state index in [1.54, 1.807) is 75.3 Å². The predicted octanol–water partition coefficient (Wildman–Crippen LogP) is 23.1. The highest BCUT2D eigenvalue weighted by Gasteiger charge is 2.37. The first-order valence-electron chi connectivity index (χ1n) is 43.1. The topological polar surface area (TPSA) is 271 Å². The van der Waals surface area contributed by atoms with Gasteiger partial charge < -0.3 is 41.7 Å². The van der Waals surface area contributed by atoms with Crippen molar-refractivity contribution < 1.29 is 61.1 Å². The van der Waals surface area contributed by atoms with Crippen LogP contribution in [0.15, 0.2) is 103 Å². The number of carbonyl (C=O) groups is 10. The number of allylic oxidation sites excluding steroid dienone is 3. The van der Waals surface area contributed by atoms with E-state index < -0.39 is 33.8 Å². The number of carbonyl (C=O) groups excluding carboxylic acids is 10. The van der Waals surface area contributed by atoms with Crippen LogP contribution in [0, 0.1) is 59.6 Å². The van der Waals surface area contributed by atoms with Gasteiger partial charge in [0.25, 0.3) is 11.5 Å². The van der Waals surface area contributed by atoms with Gasteiger partial charge in [-0.15, -0.1) is 46.4 Å². The summed E-state index contributed by atoms with van der Waals surface area (Å²) in [5.74, 6) is -1.18. The smallest absolute Gasteiger partial charge is 0.355 e. The molecule has 0 aliphatic carbocycles. The van der Waals surface area contributed by atoms with Crippen LogP contribution in [0.5, 0.6) is 0 Å². The molecule has 0 aliphatic heterocycles. The molecule has 3 atom stereocenters. The van der Waals surface area contributed by atoms with Crippen LogP contribution in [0.4, 0.5) is 13.2 Å². The molecule has 1 aromatic carbocycles. The van der Waals surface area contributed by atoms with Crippen LogP contribution in [0.25, 0.3) is 10.1 Å². The molecule has 1 aromatic heterocycles. The van der Waals surface area contributed by atoms with Crippen molar-refractivity contribution >= 4 is 127 Å². The molecule has 20 nitrogen and oxygen atoms in total. The van der Waals surface area contributed by atoms with Crippen LogP contribution in [0.2, 0.25) is 0 Å². The van der Waals surface area contributed by atoms with Gasteiger partial charge >= 0.3 is 6.18 Å². The number of ketones is 2. The van der Waals surface area contributed by atoms with Crippen molar-refractivity contribution in [2.24, 2.45) is 59.6 Å². The Labute approximate surface area is 793 Å². The number of nitrogens with zero attached hydrogens (tertiary/aromatic N) is 3. The van der Waals surface area contributed by atoms with E-state index in [9.17, 15) is 65.9 Å². The quantitative estimate of drug-likeness (QED) is 0.0425. The van der Waals surface area contributed by atoms with Gasteiger partial charge in [-0.1, -0.05) is 291 Å². The fraction of sp³-hybridized carbons (Fsp3) is 0.707. The Kier molecular flexibility index (Phi) is 71.7. The normalized spacial score (nSPS) is 12.3. The lowest BCUT2D eigenvalue weighted by atomic mass is 9.89. The van der Waals surface area contributed by atoms with E-state index in [0.717, 1.165) is 49.0 Å². The van der Waals surface area contributed by atoms with Gasteiger partial charge in [-0.3, -0.25) is 56.7 Å². The lowest BCUT2D eigenvalue weighted by Crippen LogP contribution is -2.36. The zero-order valence-electron chi connectivity index (χ0n) is 86.5. The predicted molar refractivity (Wildman–Crippen MR) is 539 cm³/mol. The van der Waals surface area contributed by atoms with Crippen LogP contribution in [0.3, 0.4) is 0 Å². The van der Waals surface area contributed by atoms with Crippen molar-refractivity contribution in [2.45, 2.75) is 324 Å². The zero-order chi connectivity index (χ0) is 103. The number of amides is 8. The Bertz CT molecular complexity index is 3590. The van der Waals surface area contributed by atoms with E-state index >= 15 is 0 Å². The zero-order valence-corrected chi connectivity index (χ0v) is 90.3. The summed E-state index contributed by atoms with van der Waals surface area (Å²) < 4.78 is 38.8. The summed E-state index contributed by atoms with van der Waals surface area (Å²) in [5.41, 5.74) is 0.893. The monoisotopic (exact) mass is 1900 g/mol. The second kappa shape index (κ2) is 65.9. The van der Waals surface area contributed by atoms with Crippen molar-refractivity contribution in [3.05, 3.63) is 109 Å². The Morgan fingerprint density at radius 2 is 0.764 bits per heavy atom. The minimum atomic E-state index is -4.65. The molecule has 0 spiro atoms. The molecule has 0 saturated heterocycles. The van der Waals surface area contributed by atoms with E-state index in [1.165, 1.54) is 18.2 Å². The fourth-order valence-corrected chi connectivity index (χ4v) is 9.19. The van der Waals surface area contributed by atoms with Gasteiger partial charge in [0.05, 0.1) is 10.1 Å². The minimum Gasteiger partial charge on any atom is -0.355 e. The maximum absolute atomic E-state index is 12.0. The molecule has 28 heteroatoms. The summed E-state index contributed by atoms with van der Waals surface area (Å²) in [4.78, 5) is 124. The number of likely N-dealkylation sites (N-methyl/N-ethyl adjacent to an activating group) is 2. The van der Waals surface area contributed by atoms with Crippen LogP contribution < -0.4 is 37.5 Å². The molecular weight excluding hydrogens is 1720 g/mol. The summed E-state index contributed by atoms with van der Waals surface area (Å²) in [7, 11) is 3.59. The lowest BCUT2D eigenvalue weighted by molar-refractivity contribution is -0.131. The Balaban J connectivity index is -0.000000173. The third-order valence-corrected chi connectivity index (χ3v) is 16.9. The number of rotatable bonds is 24. The van der Waals surface area contributed by atoms with Crippen LogP contribution in [-0.2, 0) is 54.5 Å². The first-order valence-corrected chi connectivity index (χ1v) is 45.7. The minimum absolute atomic E-state index is 0.000694. The fourth-order valence-electron chi connectivity index (χ4n) is 7.60. The molecule has 1 heterocycles. The third kappa shape index (κ3) is 105. The number of benzene rings is 1. The van der Waals surface area contributed by atoms with Crippen molar-refractivity contribution in [3.8, 4) is 0 Å². The number of fused-ring (bicyclic) bond motifs is 1. The maximum atomic E-state index is 12.0. The molecule has 1 unspecified atom stereocenters. The Hall–Kier alpha value is -6.60. The van der Waals surface area contributed by atoms with Gasteiger partial charge in [0.1, 0.15) is 27.6 Å². The number of hydrogen-bond donors (Lipinski definition) is 6. The van der Waals surface area contributed by atoms with Crippen molar-refractivity contribution in [3.63, 3.8) is 0 Å². The molecule has 0 saturated carbocycles. The molecule has 0 aliphatic rings. The molecule has 6 N–H and O–H groups in total. The van der Waals surface area contributed by atoms with E-state index in [-0.39, 0.29) is 130 Å². The summed E-state index contributed by atoms with van der Waals surface area (Å²) in [6, 6.07) is 7.78. The van der Waals surface area contributed by atoms with E-state index in [2.05, 4.69) is 273 Å². The number of halogens is 7. The third-order valence-electron chi connectivity index (χ3n) is 15.0. The highest BCUT2D eigenvalue weighted by Crippen LogP contribution is 2.27. The van der Waals surface area contributed by atoms with E-state index in [0.29, 0.717) is 51.1 Å². The van der Waals surface area contributed by atoms with Crippen LogP contribution >= 0.6 is 57.9 Å². The van der Waals surface area contributed by atoms with Gasteiger partial charge in [-0.05, 0) is 150 Å². The number of aromatic nitrogens is 1. The van der Waals surface area contributed by atoms with Gasteiger partial charge in [0.15, 0.2) is 11.6 Å². The maximum Gasteiger partial charge on any atom is 0.421 e. The molecule has 2 aromatic rings. The highest BCUT2D eigenvalue weighted by atomic mass is 35.5. The standard InChI is InChI=1S/C12H15NOS.C10H19NO.C10H18O.C9H14F3NO.2C9H17NO.C9H16O.3C8H16ClNO.C7H14ClNO/c1-12(2,3)8-13-11(14)9-6-4-5-7-10(9)15-13;1-6-9(12)11(5)8-7-10(2,3)4;1-5-6-9(11)7-8-10(2,3)4;1-6(9(10,11)12)7(14)13-5-8(2,3)4;1-7(2)8(11)10-6-9(3,4)5;1-6-8(11)10(5)7-9(2,3)4;1-5-8(10)6-7-9(2,3)4;3*1-6(9)7(11)10-5-8(2,3)4;1-7(2,3)5-9-6(10)4-8/h4-7H,8H2,1-3H3;6H,1,7-8H2,2-5H3;5-6H,7-8H2,1-4H3;1,5H2,2-4H3,(H,13,14);1,6H2,2-5H3,(H,10,11);6H,1,7H2,2-5H3;5H,1,6-7H2,2-4H3;3*6H,5H2,1-4H3,(H,10,11);4-5H2,1-3H3,(H,9,10)/b;;6-5+;;;;;;;;/t;;;;;;;2*6-;;/m.......10../s1. The second-order valence-corrected chi connectivity index (χ2v) is 47.7. The van der Waals surface area contributed by atoms with E-state index in [4.69, 9.17) is 46.4 Å². The molecule has 2 rings (SSSR count). The van der Waals surface area contributed by atoms with Gasteiger partial charge in [-0.25, -0.2) is 0 Å². The SMILES string of the molecule is C/C=C/C(=O)CCC(C)(C)C.C=C(C(=O)NCC(C)(C)C)C(F)(F)F.C=C(C)C(=O)NCC(C)(C)C.C=CC(=O)CCC(C)(C)C.C=CC(=O)N(C)CC(C)(C)C.C=CC(=O)N(C)CCC(C)(C)C.CC(C)(C)CNC(=O)CCl.CC(C)(C)Cn1sc2ccccc2c1=O.CC(Cl)C(=O)NCC(C)(C)C.C[C@@H](Cl)C(=O)NCC(C)(C)C.C[C@H](Cl)C(=O)NCC(C)(C)C. The summed E-state index contributed by atoms with van der Waals surface area (Å²) >= 11 is 23.5. The Morgan fingerprint density at radius 1 is 0.449 bits per heavy atom. The molecule has 0 fully saturated rings. The van der Waals surface area contributed by atoms with E-state index in [1.807, 2.05) is 55.9 Å². The number of nitrogens with one attached hydrogen (secondary N) is 6. The molecule has 127 heavy (non-hydrogen) atoms. The summed E-state index contributed by atoms with van der Waals surface area (Å²) in [6.07, 6.45) is 7.11. The largest absolute Gasteiger partial charge is 0.421 e. The molecular formula is C99H178Cl4F3N9O11S. The molecule has 8 amide bonds. The number of hydrogen-bond acceptors (Lipinski definition) is 12.